The van der Waals surface area contributed by atoms with Gasteiger partial charge in [-0.3, -0.25) is 9.69 Å². The average molecular weight is 185 g/mol. The second-order valence-electron chi connectivity index (χ2n) is 3.39. The van der Waals surface area contributed by atoms with Crippen LogP contribution in [0.5, 0.6) is 0 Å². The third kappa shape index (κ3) is 4.68. The molecule has 0 aliphatic rings. The Labute approximate surface area is 80.4 Å². The van der Waals surface area contributed by atoms with Crippen molar-refractivity contribution in [1.82, 2.24) is 4.90 Å². The van der Waals surface area contributed by atoms with Crippen molar-refractivity contribution in [3.63, 3.8) is 0 Å². The molecule has 0 saturated heterocycles. The SMILES string of the molecule is C=C(C)CC(C(=O)OCC)N(C)C. The lowest BCUT2D eigenvalue weighted by atomic mass is 10.1. The van der Waals surface area contributed by atoms with E-state index >= 15 is 0 Å². The molecule has 0 aliphatic carbocycles. The van der Waals surface area contributed by atoms with E-state index < -0.39 is 0 Å². The second-order valence-corrected chi connectivity index (χ2v) is 3.39. The summed E-state index contributed by atoms with van der Waals surface area (Å²) in [5.41, 5.74) is 0.992. The van der Waals surface area contributed by atoms with Crippen molar-refractivity contribution in [2.45, 2.75) is 26.3 Å². The van der Waals surface area contributed by atoms with Gasteiger partial charge in [0.1, 0.15) is 6.04 Å². The standard InChI is InChI=1S/C10H19NO2/c1-6-13-10(12)9(11(4)5)7-8(2)3/h9H,2,6-7H2,1,3-5H3. The zero-order chi connectivity index (χ0) is 10.4. The van der Waals surface area contributed by atoms with Crippen LogP contribution in [0.25, 0.3) is 0 Å². The van der Waals surface area contributed by atoms with Crippen LogP contribution in [-0.2, 0) is 9.53 Å². The predicted molar refractivity (Wildman–Crippen MR) is 53.5 cm³/mol. The molecular formula is C10H19NO2. The maximum Gasteiger partial charge on any atom is 0.323 e. The molecule has 0 amide bonds. The van der Waals surface area contributed by atoms with Crippen molar-refractivity contribution < 1.29 is 9.53 Å². The Balaban J connectivity index is 4.24. The van der Waals surface area contributed by atoms with E-state index in [0.717, 1.165) is 5.57 Å². The van der Waals surface area contributed by atoms with Crippen LogP contribution in [0.3, 0.4) is 0 Å². The van der Waals surface area contributed by atoms with Gasteiger partial charge in [0, 0.05) is 0 Å². The zero-order valence-electron chi connectivity index (χ0n) is 8.96. The predicted octanol–water partition coefficient (Wildman–Crippen LogP) is 1.45. The molecule has 3 nitrogen and oxygen atoms in total. The van der Waals surface area contributed by atoms with Gasteiger partial charge in [-0.05, 0) is 34.4 Å². The number of likely N-dealkylation sites (N-methyl/N-ethyl adjacent to an activating group) is 1. The van der Waals surface area contributed by atoms with Crippen LogP contribution in [0.15, 0.2) is 12.2 Å². The number of hydrogen-bond donors (Lipinski definition) is 0. The molecule has 3 heteroatoms. The van der Waals surface area contributed by atoms with Gasteiger partial charge >= 0.3 is 5.97 Å². The molecule has 0 spiro atoms. The molecule has 0 fully saturated rings. The van der Waals surface area contributed by atoms with Gasteiger partial charge in [0.15, 0.2) is 0 Å². The molecule has 0 saturated carbocycles. The Morgan fingerprint density at radius 2 is 2.08 bits per heavy atom. The minimum Gasteiger partial charge on any atom is -0.465 e. The van der Waals surface area contributed by atoms with Gasteiger partial charge in [-0.1, -0.05) is 5.57 Å². The maximum absolute atomic E-state index is 11.4. The van der Waals surface area contributed by atoms with Crippen molar-refractivity contribution >= 4 is 5.97 Å². The lowest BCUT2D eigenvalue weighted by molar-refractivity contribution is -0.148. The Kier molecular flexibility index (Phi) is 5.39. The number of hydrogen-bond acceptors (Lipinski definition) is 3. The van der Waals surface area contributed by atoms with Crippen LogP contribution in [0.2, 0.25) is 0 Å². The Hall–Kier alpha value is -0.830. The molecule has 0 aromatic heterocycles. The van der Waals surface area contributed by atoms with Crippen LogP contribution in [-0.4, -0.2) is 37.6 Å². The fraction of sp³-hybridized carbons (Fsp3) is 0.700. The van der Waals surface area contributed by atoms with E-state index in [1.165, 1.54) is 0 Å². The van der Waals surface area contributed by atoms with Crippen molar-refractivity contribution in [3.8, 4) is 0 Å². The molecule has 0 aromatic rings. The quantitative estimate of drug-likeness (QED) is 0.479. The summed E-state index contributed by atoms with van der Waals surface area (Å²) in [5, 5.41) is 0. The van der Waals surface area contributed by atoms with Crippen molar-refractivity contribution in [1.29, 1.82) is 0 Å². The molecule has 0 radical (unpaired) electrons. The lowest BCUT2D eigenvalue weighted by Crippen LogP contribution is -2.37. The number of carbonyl (C=O) groups excluding carboxylic acids is 1. The maximum atomic E-state index is 11.4. The highest BCUT2D eigenvalue weighted by molar-refractivity contribution is 5.76. The molecule has 0 aromatic carbocycles. The molecule has 0 aliphatic heterocycles. The van der Waals surface area contributed by atoms with Gasteiger partial charge in [0.05, 0.1) is 6.61 Å². The highest BCUT2D eigenvalue weighted by Crippen LogP contribution is 2.08. The Morgan fingerprint density at radius 3 is 2.38 bits per heavy atom. The molecule has 0 rings (SSSR count). The topological polar surface area (TPSA) is 29.5 Å². The van der Waals surface area contributed by atoms with E-state index in [2.05, 4.69) is 6.58 Å². The molecule has 0 N–H and O–H groups in total. The number of ether oxygens (including phenoxy) is 1. The molecule has 13 heavy (non-hydrogen) atoms. The average Bonchev–Trinajstić information content (AvgIpc) is 1.99. The van der Waals surface area contributed by atoms with Crippen LogP contribution in [0.4, 0.5) is 0 Å². The molecule has 1 atom stereocenters. The number of nitrogens with zero attached hydrogens (tertiary/aromatic N) is 1. The number of esters is 1. The van der Waals surface area contributed by atoms with E-state index in [1.54, 1.807) is 0 Å². The summed E-state index contributed by atoms with van der Waals surface area (Å²) in [6.45, 7) is 7.94. The van der Waals surface area contributed by atoms with Crippen molar-refractivity contribution in [2.24, 2.45) is 0 Å². The third-order valence-electron chi connectivity index (χ3n) is 1.72. The number of carbonyl (C=O) groups is 1. The van der Waals surface area contributed by atoms with E-state index in [9.17, 15) is 4.79 Å². The van der Waals surface area contributed by atoms with Gasteiger partial charge in [0.2, 0.25) is 0 Å². The first kappa shape index (κ1) is 12.2. The minimum absolute atomic E-state index is 0.171. The van der Waals surface area contributed by atoms with Gasteiger partial charge in [-0.25, -0.2) is 0 Å². The van der Waals surface area contributed by atoms with Gasteiger partial charge in [-0.2, -0.15) is 0 Å². The fourth-order valence-electron chi connectivity index (χ4n) is 1.05. The van der Waals surface area contributed by atoms with Gasteiger partial charge < -0.3 is 4.74 Å². The molecule has 1 unspecified atom stereocenters. The highest BCUT2D eigenvalue weighted by Gasteiger charge is 2.21. The van der Waals surface area contributed by atoms with Crippen LogP contribution >= 0.6 is 0 Å². The summed E-state index contributed by atoms with van der Waals surface area (Å²) in [6, 6.07) is -0.197. The monoisotopic (exact) mass is 185 g/mol. The lowest BCUT2D eigenvalue weighted by Gasteiger charge is -2.22. The summed E-state index contributed by atoms with van der Waals surface area (Å²) < 4.78 is 4.94. The smallest absolute Gasteiger partial charge is 0.323 e. The largest absolute Gasteiger partial charge is 0.465 e. The summed E-state index contributed by atoms with van der Waals surface area (Å²) >= 11 is 0. The molecular weight excluding hydrogens is 166 g/mol. The van der Waals surface area contributed by atoms with E-state index in [0.29, 0.717) is 13.0 Å². The fourth-order valence-corrected chi connectivity index (χ4v) is 1.05. The summed E-state index contributed by atoms with van der Waals surface area (Å²) in [7, 11) is 3.73. The second kappa shape index (κ2) is 5.75. The molecule has 0 heterocycles. The summed E-state index contributed by atoms with van der Waals surface area (Å²) in [5.74, 6) is -0.171. The first-order chi connectivity index (χ1) is 5.99. The van der Waals surface area contributed by atoms with Crippen molar-refractivity contribution in [2.75, 3.05) is 20.7 Å². The van der Waals surface area contributed by atoms with Gasteiger partial charge in [-0.15, -0.1) is 6.58 Å². The number of rotatable bonds is 5. The minimum atomic E-state index is -0.197. The third-order valence-corrected chi connectivity index (χ3v) is 1.72. The zero-order valence-corrected chi connectivity index (χ0v) is 8.96. The first-order valence-corrected chi connectivity index (χ1v) is 4.46. The van der Waals surface area contributed by atoms with Crippen molar-refractivity contribution in [3.05, 3.63) is 12.2 Å². The van der Waals surface area contributed by atoms with Crippen LogP contribution in [0, 0.1) is 0 Å². The van der Waals surface area contributed by atoms with Crippen LogP contribution in [0.1, 0.15) is 20.3 Å². The van der Waals surface area contributed by atoms with Gasteiger partial charge in [0.25, 0.3) is 0 Å². The summed E-state index contributed by atoms with van der Waals surface area (Å²) in [6.07, 6.45) is 0.659. The normalized spacial score (nSPS) is 12.7. The highest BCUT2D eigenvalue weighted by atomic mass is 16.5. The molecule has 0 bridgehead atoms. The summed E-state index contributed by atoms with van der Waals surface area (Å²) in [4.78, 5) is 13.3. The van der Waals surface area contributed by atoms with E-state index in [-0.39, 0.29) is 12.0 Å². The van der Waals surface area contributed by atoms with E-state index in [4.69, 9.17) is 4.74 Å². The Bertz CT molecular complexity index is 187. The van der Waals surface area contributed by atoms with E-state index in [1.807, 2.05) is 32.8 Å². The Morgan fingerprint density at radius 1 is 1.54 bits per heavy atom. The van der Waals surface area contributed by atoms with Crippen LogP contribution < -0.4 is 0 Å². The molecule has 76 valence electrons. The first-order valence-electron chi connectivity index (χ1n) is 4.46.